The maximum atomic E-state index is 13.3. The van der Waals surface area contributed by atoms with Crippen LogP contribution in [0, 0.1) is 0 Å². The van der Waals surface area contributed by atoms with Gasteiger partial charge >= 0.3 is 12.2 Å². The summed E-state index contributed by atoms with van der Waals surface area (Å²) in [6.07, 6.45) is 2.16. The second-order valence-electron chi connectivity index (χ2n) is 9.56. The van der Waals surface area contributed by atoms with Crippen LogP contribution in [0.15, 0.2) is 46.1 Å². The number of hydrogen-bond donors (Lipinski definition) is 3. The molecule has 194 valence electrons. The molecule has 0 aliphatic heterocycles. The van der Waals surface area contributed by atoms with Crippen LogP contribution in [-0.2, 0) is 5.41 Å². The highest BCUT2D eigenvalue weighted by molar-refractivity contribution is 6.10. The van der Waals surface area contributed by atoms with Gasteiger partial charge < -0.3 is 24.6 Å². The van der Waals surface area contributed by atoms with Crippen LogP contribution in [0.2, 0.25) is 0 Å². The third kappa shape index (κ3) is 3.39. The molecule has 0 radical (unpaired) electrons. The van der Waals surface area contributed by atoms with Gasteiger partial charge in [-0.3, -0.25) is 5.32 Å². The lowest BCUT2D eigenvalue weighted by molar-refractivity contribution is -0.165. The molecule has 1 aromatic carbocycles. The number of carbonyl (C=O) groups is 1. The van der Waals surface area contributed by atoms with Crippen molar-refractivity contribution in [1.29, 1.82) is 0 Å². The topological polar surface area (TPSA) is 150 Å². The number of oxazole rings is 1. The van der Waals surface area contributed by atoms with E-state index >= 15 is 0 Å². The zero-order chi connectivity index (χ0) is 26.2. The fraction of sp³-hybridized carbons (Fsp3) is 0.292. The molecule has 0 saturated heterocycles. The van der Waals surface area contributed by atoms with Gasteiger partial charge in [0.05, 0.1) is 11.1 Å². The molecular formula is C24H19F3N8O3. The van der Waals surface area contributed by atoms with E-state index in [0.717, 1.165) is 30.1 Å². The molecule has 38 heavy (non-hydrogen) atoms. The highest BCUT2D eigenvalue weighted by Gasteiger charge is 2.66. The van der Waals surface area contributed by atoms with Gasteiger partial charge in [-0.05, 0) is 37.8 Å². The first-order chi connectivity index (χ1) is 18.2. The Balaban J connectivity index is 1.18. The molecule has 4 aromatic heterocycles. The molecule has 4 heterocycles. The van der Waals surface area contributed by atoms with Gasteiger partial charge in [0.1, 0.15) is 28.7 Å². The zero-order valence-electron chi connectivity index (χ0n) is 19.5. The molecule has 0 atom stereocenters. The summed E-state index contributed by atoms with van der Waals surface area (Å²) < 4.78 is 52.6. The third-order valence-electron chi connectivity index (χ3n) is 7.12. The van der Waals surface area contributed by atoms with E-state index in [1.807, 2.05) is 6.20 Å². The Bertz CT molecular complexity index is 1730. The van der Waals surface area contributed by atoms with Crippen molar-refractivity contribution >= 4 is 45.5 Å². The van der Waals surface area contributed by atoms with Crippen molar-refractivity contribution in [2.45, 2.75) is 43.3 Å². The van der Waals surface area contributed by atoms with Gasteiger partial charge in [-0.2, -0.15) is 13.2 Å². The van der Waals surface area contributed by atoms with Gasteiger partial charge in [0.15, 0.2) is 23.6 Å². The highest BCUT2D eigenvalue weighted by atomic mass is 19.4. The van der Waals surface area contributed by atoms with E-state index in [1.54, 1.807) is 12.1 Å². The normalized spacial score (nSPS) is 16.7. The van der Waals surface area contributed by atoms with Gasteiger partial charge in [0.2, 0.25) is 0 Å². The van der Waals surface area contributed by atoms with Gasteiger partial charge in [-0.25, -0.2) is 19.7 Å². The molecule has 11 nitrogen and oxygen atoms in total. The van der Waals surface area contributed by atoms with E-state index in [0.29, 0.717) is 39.6 Å². The number of benzene rings is 1. The van der Waals surface area contributed by atoms with Crippen LogP contribution in [0.1, 0.15) is 37.5 Å². The van der Waals surface area contributed by atoms with Crippen molar-refractivity contribution in [2.75, 3.05) is 16.4 Å². The minimum Gasteiger partial charge on any atom is -0.441 e. The molecule has 7 rings (SSSR count). The largest absolute Gasteiger partial charge is 0.441 e. The van der Waals surface area contributed by atoms with Gasteiger partial charge in [0, 0.05) is 29.4 Å². The van der Waals surface area contributed by atoms with Crippen LogP contribution in [0.3, 0.4) is 0 Å². The van der Waals surface area contributed by atoms with Crippen molar-refractivity contribution in [2.24, 2.45) is 0 Å². The molecule has 0 spiro atoms. The van der Waals surface area contributed by atoms with Crippen molar-refractivity contribution in [3.8, 4) is 11.1 Å². The second-order valence-corrected chi connectivity index (χ2v) is 9.56. The van der Waals surface area contributed by atoms with Crippen LogP contribution in [0.4, 0.5) is 35.3 Å². The van der Waals surface area contributed by atoms with Crippen molar-refractivity contribution in [3.63, 3.8) is 0 Å². The first kappa shape index (κ1) is 22.6. The van der Waals surface area contributed by atoms with E-state index in [4.69, 9.17) is 14.7 Å². The van der Waals surface area contributed by atoms with Crippen LogP contribution in [0.25, 0.3) is 33.3 Å². The monoisotopic (exact) mass is 524 g/mol. The number of amides is 2. The summed E-state index contributed by atoms with van der Waals surface area (Å²) in [5, 5.41) is 9.31. The quantitative estimate of drug-likeness (QED) is 0.277. The second kappa shape index (κ2) is 7.69. The fourth-order valence-corrected chi connectivity index (χ4v) is 4.83. The molecule has 2 saturated carbocycles. The maximum absolute atomic E-state index is 13.3. The summed E-state index contributed by atoms with van der Waals surface area (Å²) in [6.45, 7) is 0. The molecule has 0 unspecified atom stereocenters. The molecule has 2 amide bonds. The average molecular weight is 524 g/mol. The summed E-state index contributed by atoms with van der Waals surface area (Å²) in [5.41, 5.74) is 7.50. The summed E-state index contributed by atoms with van der Waals surface area (Å²) in [7, 11) is 0. The van der Waals surface area contributed by atoms with Crippen LogP contribution < -0.4 is 16.4 Å². The summed E-state index contributed by atoms with van der Waals surface area (Å²) in [4.78, 5) is 25.6. The maximum Gasteiger partial charge on any atom is 0.401 e. The number of alkyl halides is 3. The lowest BCUT2D eigenvalue weighted by Crippen LogP contribution is -2.28. The Morgan fingerprint density at radius 3 is 2.68 bits per heavy atom. The molecule has 2 aliphatic rings. The van der Waals surface area contributed by atoms with Gasteiger partial charge in [-0.1, -0.05) is 5.16 Å². The first-order valence-corrected chi connectivity index (χ1v) is 11.8. The summed E-state index contributed by atoms with van der Waals surface area (Å²) >= 11 is 0. The number of fused-ring (bicyclic) bond motifs is 2. The predicted octanol–water partition coefficient (Wildman–Crippen LogP) is 5.38. The lowest BCUT2D eigenvalue weighted by Gasteiger charge is -2.14. The minimum atomic E-state index is -4.45. The standard InChI is InChI=1S/C24H19F3N8O3/c25-24(26,27)23(5-6-23)15-7-16(34-38-15)33-22(36)32-14-4-3-12(18-19(14)37-10-31-18)13-8-35(11-1-2-11)21-17(13)20(28)29-9-30-21/h3-4,7-11H,1-2,5-6H2,(H2,28,29,30)(H2,32,33,34,36). The number of hydrogen-bond acceptors (Lipinski definition) is 8. The van der Waals surface area contributed by atoms with E-state index < -0.39 is 17.6 Å². The Hall–Kier alpha value is -4.62. The number of nitrogen functional groups attached to an aromatic ring is 1. The molecule has 2 aliphatic carbocycles. The Morgan fingerprint density at radius 2 is 1.95 bits per heavy atom. The van der Waals surface area contributed by atoms with E-state index in [1.165, 1.54) is 12.7 Å². The Labute approximate surface area is 211 Å². The number of halogens is 3. The van der Waals surface area contributed by atoms with Crippen molar-refractivity contribution in [3.05, 3.63) is 42.9 Å². The number of urea groups is 1. The number of carbonyl (C=O) groups excluding carboxylic acids is 1. The molecule has 2 fully saturated rings. The molecule has 0 bridgehead atoms. The predicted molar refractivity (Wildman–Crippen MR) is 129 cm³/mol. The molecule has 14 heteroatoms. The first-order valence-electron chi connectivity index (χ1n) is 11.8. The number of rotatable bonds is 5. The Morgan fingerprint density at radius 1 is 1.13 bits per heavy atom. The zero-order valence-corrected chi connectivity index (χ0v) is 19.5. The molecule has 4 N–H and O–H groups in total. The van der Waals surface area contributed by atoms with E-state index in [2.05, 4.69) is 35.3 Å². The van der Waals surface area contributed by atoms with Gasteiger partial charge in [0.25, 0.3) is 0 Å². The average Bonchev–Trinajstić information content (AvgIpc) is 3.74. The van der Waals surface area contributed by atoms with Crippen LogP contribution in [0.5, 0.6) is 0 Å². The number of nitrogens with one attached hydrogen (secondary N) is 2. The number of anilines is 3. The third-order valence-corrected chi connectivity index (χ3v) is 7.12. The van der Waals surface area contributed by atoms with Gasteiger partial charge in [-0.15, -0.1) is 0 Å². The smallest absolute Gasteiger partial charge is 0.401 e. The van der Waals surface area contributed by atoms with Crippen molar-refractivity contribution < 1.29 is 26.9 Å². The summed E-state index contributed by atoms with van der Waals surface area (Å²) in [5.74, 6) is -0.120. The van der Waals surface area contributed by atoms with Crippen molar-refractivity contribution in [1.82, 2.24) is 24.7 Å². The van der Waals surface area contributed by atoms with Crippen LogP contribution >= 0.6 is 0 Å². The van der Waals surface area contributed by atoms with E-state index in [9.17, 15) is 18.0 Å². The highest BCUT2D eigenvalue weighted by Crippen LogP contribution is 2.59. The number of nitrogens with two attached hydrogens (primary N) is 1. The minimum absolute atomic E-state index is 0.0791. The van der Waals surface area contributed by atoms with E-state index in [-0.39, 0.29) is 24.4 Å². The Kier molecular flexibility index (Phi) is 4.57. The number of aromatic nitrogens is 5. The molecular weight excluding hydrogens is 505 g/mol. The summed E-state index contributed by atoms with van der Waals surface area (Å²) in [6, 6.07) is 4.11. The number of nitrogens with zero attached hydrogens (tertiary/aromatic N) is 5. The molecule has 5 aromatic rings. The van der Waals surface area contributed by atoms with Crippen LogP contribution in [-0.4, -0.2) is 36.9 Å². The SMILES string of the molecule is Nc1ncnc2c1c(-c1ccc(NC(=O)Nc3cc(C4(C(F)(F)F)CC4)on3)c3ocnc13)cn2C1CC1. The lowest BCUT2D eigenvalue weighted by atomic mass is 10.0. The fourth-order valence-electron chi connectivity index (χ4n) is 4.83.